The Bertz CT molecular complexity index is 677. The summed E-state index contributed by atoms with van der Waals surface area (Å²) in [6.07, 6.45) is 1.27. The molecule has 2 bridgehead atoms. The molecule has 12 nitrogen and oxygen atoms in total. The third kappa shape index (κ3) is 3.84. The van der Waals surface area contributed by atoms with E-state index in [1.807, 2.05) is 0 Å². The van der Waals surface area contributed by atoms with E-state index in [9.17, 15) is 22.8 Å². The lowest BCUT2D eigenvalue weighted by molar-refractivity contribution is -0.133. The molecule has 0 saturated carbocycles. The molecule has 0 aromatic heterocycles. The van der Waals surface area contributed by atoms with Crippen LogP contribution in [-0.4, -0.2) is 72.5 Å². The van der Waals surface area contributed by atoms with Crippen LogP contribution in [0.2, 0.25) is 0 Å². The molecule has 25 heavy (non-hydrogen) atoms. The molecule has 3 atom stereocenters. The van der Waals surface area contributed by atoms with Crippen LogP contribution in [0.15, 0.2) is 0 Å². The van der Waals surface area contributed by atoms with Gasteiger partial charge in [0.2, 0.25) is 5.91 Å². The van der Waals surface area contributed by atoms with Gasteiger partial charge in [0.25, 0.3) is 5.91 Å². The van der Waals surface area contributed by atoms with Crippen molar-refractivity contribution in [2.45, 2.75) is 31.3 Å². The van der Waals surface area contributed by atoms with Crippen molar-refractivity contribution in [1.29, 1.82) is 0 Å². The number of hydrogen-bond acceptors (Lipinski definition) is 7. The fourth-order valence-corrected chi connectivity index (χ4v) is 3.68. The van der Waals surface area contributed by atoms with E-state index in [4.69, 9.17) is 4.55 Å². The molecule has 0 aromatic carbocycles. The number of amides is 4. The van der Waals surface area contributed by atoms with E-state index >= 15 is 0 Å². The zero-order valence-corrected chi connectivity index (χ0v) is 14.0. The first-order chi connectivity index (χ1) is 11.8. The fourth-order valence-electron chi connectivity index (χ4n) is 3.29. The second-order valence-electron chi connectivity index (χ2n) is 6.18. The molecule has 3 saturated heterocycles. The van der Waals surface area contributed by atoms with Gasteiger partial charge in [-0.25, -0.2) is 4.79 Å². The molecular formula is C12H19N5O7S. The van der Waals surface area contributed by atoms with E-state index in [-0.39, 0.29) is 24.8 Å². The highest BCUT2D eigenvalue weighted by Gasteiger charge is 2.49. The van der Waals surface area contributed by atoms with Crippen molar-refractivity contribution in [3.8, 4) is 0 Å². The monoisotopic (exact) mass is 377 g/mol. The number of nitrogens with zero attached hydrogens (tertiary/aromatic N) is 2. The van der Waals surface area contributed by atoms with Crippen LogP contribution in [0.5, 0.6) is 0 Å². The Morgan fingerprint density at radius 1 is 1.20 bits per heavy atom. The highest BCUT2D eigenvalue weighted by Crippen LogP contribution is 2.30. The normalized spacial score (nSPS) is 29.0. The van der Waals surface area contributed by atoms with Crippen LogP contribution in [0, 0.1) is 5.92 Å². The van der Waals surface area contributed by atoms with Crippen molar-refractivity contribution in [3.05, 3.63) is 0 Å². The number of rotatable bonds is 4. The van der Waals surface area contributed by atoms with Gasteiger partial charge in [0, 0.05) is 13.1 Å². The summed E-state index contributed by atoms with van der Waals surface area (Å²) in [5.74, 6) is -1.10. The van der Waals surface area contributed by atoms with Gasteiger partial charge in [-0.1, -0.05) is 0 Å². The van der Waals surface area contributed by atoms with Gasteiger partial charge >= 0.3 is 16.4 Å². The second-order valence-corrected chi connectivity index (χ2v) is 7.18. The topological polar surface area (TPSA) is 157 Å². The Hall–Kier alpha value is -1.96. The summed E-state index contributed by atoms with van der Waals surface area (Å²) in [6, 6.07) is -2.26. The SMILES string of the molecule is O=C(NNC(=O)[C@H]1CC[C@@H]2CN1C(=O)N2OS(=O)(=O)O)C1CCNC1. The first-order valence-corrected chi connectivity index (χ1v) is 9.20. The Balaban J connectivity index is 1.57. The largest absolute Gasteiger partial charge is 0.418 e. The van der Waals surface area contributed by atoms with Gasteiger partial charge in [0.05, 0.1) is 12.0 Å². The van der Waals surface area contributed by atoms with Crippen LogP contribution in [0.1, 0.15) is 19.3 Å². The second kappa shape index (κ2) is 6.74. The molecule has 3 aliphatic heterocycles. The van der Waals surface area contributed by atoms with Crippen LogP contribution in [0.4, 0.5) is 4.79 Å². The van der Waals surface area contributed by atoms with Crippen molar-refractivity contribution in [2.75, 3.05) is 19.6 Å². The minimum Gasteiger partial charge on any atom is -0.316 e. The molecule has 4 amide bonds. The maximum Gasteiger partial charge on any atom is 0.418 e. The lowest BCUT2D eigenvalue weighted by Crippen LogP contribution is -2.55. The quantitative estimate of drug-likeness (QED) is 0.316. The van der Waals surface area contributed by atoms with Gasteiger partial charge in [0.15, 0.2) is 0 Å². The first-order valence-electron chi connectivity index (χ1n) is 7.83. The third-order valence-electron chi connectivity index (χ3n) is 4.54. The van der Waals surface area contributed by atoms with Gasteiger partial charge < -0.3 is 10.2 Å². The van der Waals surface area contributed by atoms with Crippen molar-refractivity contribution >= 4 is 28.2 Å². The molecule has 0 aromatic rings. The molecule has 3 heterocycles. The molecule has 3 aliphatic rings. The summed E-state index contributed by atoms with van der Waals surface area (Å²) in [7, 11) is -4.83. The maximum absolute atomic E-state index is 12.3. The third-order valence-corrected chi connectivity index (χ3v) is 4.89. The van der Waals surface area contributed by atoms with Gasteiger partial charge in [-0.2, -0.15) is 13.5 Å². The zero-order valence-electron chi connectivity index (χ0n) is 13.2. The van der Waals surface area contributed by atoms with Crippen molar-refractivity contribution < 1.29 is 31.6 Å². The van der Waals surface area contributed by atoms with E-state index in [0.717, 1.165) is 11.4 Å². The summed E-state index contributed by atoms with van der Waals surface area (Å²) < 4.78 is 34.7. The van der Waals surface area contributed by atoms with Crippen molar-refractivity contribution in [3.63, 3.8) is 0 Å². The summed E-state index contributed by atoms with van der Waals surface area (Å²) in [5.41, 5.74) is 4.66. The Morgan fingerprint density at radius 2 is 1.92 bits per heavy atom. The summed E-state index contributed by atoms with van der Waals surface area (Å²) >= 11 is 0. The number of carbonyl (C=O) groups excluding carboxylic acids is 3. The average Bonchev–Trinajstić information content (AvgIpc) is 3.16. The van der Waals surface area contributed by atoms with Gasteiger partial charge in [-0.15, -0.1) is 4.28 Å². The number of hydrogen-bond donors (Lipinski definition) is 4. The lowest BCUT2D eigenvalue weighted by Gasteiger charge is -2.29. The van der Waals surface area contributed by atoms with Gasteiger partial charge in [-0.05, 0) is 25.8 Å². The lowest BCUT2D eigenvalue weighted by atomic mass is 10.0. The van der Waals surface area contributed by atoms with E-state index in [2.05, 4.69) is 20.5 Å². The van der Waals surface area contributed by atoms with E-state index in [1.165, 1.54) is 0 Å². The fraction of sp³-hybridized carbons (Fsp3) is 0.750. The smallest absolute Gasteiger partial charge is 0.316 e. The molecule has 13 heteroatoms. The molecule has 0 radical (unpaired) electrons. The highest BCUT2D eigenvalue weighted by atomic mass is 32.3. The number of piperidine rings is 1. The molecule has 1 unspecified atom stereocenters. The number of hydroxylamine groups is 2. The molecule has 140 valence electrons. The number of carbonyl (C=O) groups is 3. The number of hydrazine groups is 1. The Morgan fingerprint density at radius 3 is 2.56 bits per heavy atom. The molecule has 3 rings (SSSR count). The number of urea groups is 1. The standard InChI is InChI=1S/C12H19N5O7S/c18-10(7-3-4-13-5-7)14-15-11(19)9-2-1-8-6-16(9)12(20)17(8)24-25(21,22)23/h7-9,13H,1-6H2,(H,14,18)(H,15,19)(H,21,22,23)/t7?,8-,9-/m1/s1. The van der Waals surface area contributed by atoms with E-state index < -0.39 is 34.4 Å². The molecule has 0 spiro atoms. The van der Waals surface area contributed by atoms with E-state index in [0.29, 0.717) is 24.4 Å². The summed E-state index contributed by atoms with van der Waals surface area (Å²) in [4.78, 5) is 37.5. The molecule has 0 aliphatic carbocycles. The molecule has 4 N–H and O–H groups in total. The van der Waals surface area contributed by atoms with Crippen LogP contribution in [-0.2, 0) is 24.3 Å². The van der Waals surface area contributed by atoms with Crippen LogP contribution >= 0.6 is 0 Å². The van der Waals surface area contributed by atoms with Gasteiger partial charge in [-0.3, -0.25) is 25.0 Å². The summed E-state index contributed by atoms with van der Waals surface area (Å²) in [5, 5.41) is 3.60. The predicted octanol–water partition coefficient (Wildman–Crippen LogP) is -2.25. The van der Waals surface area contributed by atoms with Gasteiger partial charge in [0.1, 0.15) is 6.04 Å². The molecule has 3 fully saturated rings. The zero-order chi connectivity index (χ0) is 18.2. The van der Waals surface area contributed by atoms with Crippen LogP contribution < -0.4 is 16.2 Å². The van der Waals surface area contributed by atoms with Crippen LogP contribution in [0.3, 0.4) is 0 Å². The first kappa shape index (κ1) is 17.8. The van der Waals surface area contributed by atoms with Crippen LogP contribution in [0.25, 0.3) is 0 Å². The number of fused-ring (bicyclic) bond motifs is 2. The Labute approximate surface area is 143 Å². The summed E-state index contributed by atoms with van der Waals surface area (Å²) in [6.45, 7) is 1.37. The highest BCUT2D eigenvalue weighted by molar-refractivity contribution is 7.80. The minimum atomic E-state index is -4.83. The minimum absolute atomic E-state index is 0.0902. The maximum atomic E-state index is 12.3. The average molecular weight is 377 g/mol. The number of nitrogens with one attached hydrogen (secondary N) is 3. The molecular weight excluding hydrogens is 358 g/mol. The Kier molecular flexibility index (Phi) is 4.81. The van der Waals surface area contributed by atoms with Crippen molar-refractivity contribution in [2.24, 2.45) is 5.92 Å². The van der Waals surface area contributed by atoms with Crippen molar-refractivity contribution in [1.82, 2.24) is 26.1 Å². The van der Waals surface area contributed by atoms with E-state index in [1.54, 1.807) is 0 Å². The predicted molar refractivity (Wildman–Crippen MR) is 80.6 cm³/mol.